The summed E-state index contributed by atoms with van der Waals surface area (Å²) >= 11 is 0. The molecule has 4 aliphatic carbocycles. The van der Waals surface area contributed by atoms with Crippen LogP contribution in [0.3, 0.4) is 0 Å². The predicted molar refractivity (Wildman–Crippen MR) is 124 cm³/mol. The number of carbonyl (C=O) groups is 2. The molecule has 0 aromatic carbocycles. The van der Waals surface area contributed by atoms with Gasteiger partial charge in [0.1, 0.15) is 5.71 Å². The molecular formula is C25H40N4O3. The molecule has 7 nitrogen and oxygen atoms in total. The van der Waals surface area contributed by atoms with Gasteiger partial charge in [0.25, 0.3) is 5.91 Å². The lowest BCUT2D eigenvalue weighted by atomic mass is 9.44. The molecule has 5 N–H and O–H groups in total. The van der Waals surface area contributed by atoms with Gasteiger partial charge in [0.05, 0.1) is 18.4 Å². The first-order valence-corrected chi connectivity index (χ1v) is 12.4. The van der Waals surface area contributed by atoms with Crippen LogP contribution in [0.4, 0.5) is 0 Å². The molecule has 0 aromatic heterocycles. The van der Waals surface area contributed by atoms with E-state index in [9.17, 15) is 14.7 Å². The normalized spacial score (nSPS) is 45.6. The fourth-order valence-electron chi connectivity index (χ4n) is 8.38. The number of hydrogen-bond acceptors (Lipinski definition) is 6. The molecule has 0 saturated heterocycles. The fourth-order valence-corrected chi connectivity index (χ4v) is 8.38. The zero-order chi connectivity index (χ0) is 23.3. The van der Waals surface area contributed by atoms with Gasteiger partial charge in [-0.25, -0.2) is 0 Å². The van der Waals surface area contributed by atoms with Crippen LogP contribution in [0.1, 0.15) is 78.6 Å². The maximum absolute atomic E-state index is 13.1. The van der Waals surface area contributed by atoms with E-state index in [4.69, 9.17) is 11.1 Å². The Morgan fingerprint density at radius 3 is 2.50 bits per heavy atom. The standard InChI is InChI=1S/C25H40N4O3/c1-23(32)10-11-24(2)15(12-23)4-5-16-17-6-7-19(25(17,3)9-8-18(16)24)21(30)14-29-28-13-20(26)22(27)31/h13,15-19,26,29,32H,4-12,14H2,1-3H3,(H2,27,31)/b26-20?,28-13-/t15-,16+,17+,18+,19-,23-,24+,25+/m1/s1. The van der Waals surface area contributed by atoms with Crippen LogP contribution in [-0.4, -0.2) is 40.9 Å². The first kappa shape index (κ1) is 23.4. The van der Waals surface area contributed by atoms with Crippen molar-refractivity contribution in [1.82, 2.24) is 5.43 Å². The molecular weight excluding hydrogens is 404 g/mol. The van der Waals surface area contributed by atoms with E-state index in [0.29, 0.717) is 29.1 Å². The summed E-state index contributed by atoms with van der Waals surface area (Å²) in [4.78, 5) is 24.0. The summed E-state index contributed by atoms with van der Waals surface area (Å²) in [6.07, 6.45) is 10.8. The predicted octanol–water partition coefficient (Wildman–Crippen LogP) is 3.05. The lowest BCUT2D eigenvalue weighted by molar-refractivity contribution is -0.150. The lowest BCUT2D eigenvalue weighted by Crippen LogP contribution is -2.55. The average Bonchev–Trinajstić information content (AvgIpc) is 3.08. The van der Waals surface area contributed by atoms with Crippen LogP contribution in [0.5, 0.6) is 0 Å². The van der Waals surface area contributed by atoms with Crippen LogP contribution < -0.4 is 11.2 Å². The van der Waals surface area contributed by atoms with Crippen molar-refractivity contribution in [3.8, 4) is 0 Å². The second-order valence-corrected chi connectivity index (χ2v) is 11.9. The first-order valence-electron chi connectivity index (χ1n) is 12.4. The molecule has 7 heteroatoms. The summed E-state index contributed by atoms with van der Waals surface area (Å²) in [5, 5.41) is 21.9. The van der Waals surface area contributed by atoms with Gasteiger partial charge in [-0.1, -0.05) is 13.8 Å². The van der Waals surface area contributed by atoms with Crippen molar-refractivity contribution in [3.63, 3.8) is 0 Å². The number of aliphatic hydroxyl groups is 1. The number of nitrogens with one attached hydrogen (secondary N) is 2. The van der Waals surface area contributed by atoms with Crippen molar-refractivity contribution in [2.75, 3.05) is 6.54 Å². The van der Waals surface area contributed by atoms with Crippen LogP contribution in [-0.2, 0) is 9.59 Å². The molecule has 1 amide bonds. The number of primary amides is 1. The minimum atomic E-state index is -0.838. The van der Waals surface area contributed by atoms with Crippen LogP contribution in [0.25, 0.3) is 0 Å². The average molecular weight is 445 g/mol. The molecule has 32 heavy (non-hydrogen) atoms. The monoisotopic (exact) mass is 444 g/mol. The molecule has 4 saturated carbocycles. The summed E-state index contributed by atoms with van der Waals surface area (Å²) in [5.74, 6) is 2.02. The van der Waals surface area contributed by atoms with Crippen molar-refractivity contribution in [2.45, 2.75) is 84.2 Å². The fraction of sp³-hybridized carbons (Fsp3) is 0.840. The number of hydrazone groups is 1. The maximum atomic E-state index is 13.1. The quantitative estimate of drug-likeness (QED) is 0.371. The Balaban J connectivity index is 1.42. The van der Waals surface area contributed by atoms with E-state index in [1.807, 2.05) is 6.92 Å². The summed E-state index contributed by atoms with van der Waals surface area (Å²) < 4.78 is 0. The Morgan fingerprint density at radius 2 is 1.78 bits per heavy atom. The molecule has 0 spiro atoms. The summed E-state index contributed by atoms with van der Waals surface area (Å²) in [5.41, 5.74) is 7.23. The molecule has 178 valence electrons. The highest BCUT2D eigenvalue weighted by Gasteiger charge is 2.61. The molecule has 0 bridgehead atoms. The Hall–Kier alpha value is -1.76. The van der Waals surface area contributed by atoms with Crippen LogP contribution in [0.15, 0.2) is 5.10 Å². The number of nitrogens with two attached hydrogens (primary N) is 1. The summed E-state index contributed by atoms with van der Waals surface area (Å²) in [6, 6.07) is 0. The van der Waals surface area contributed by atoms with Crippen LogP contribution in [0, 0.1) is 45.8 Å². The molecule has 4 fully saturated rings. The van der Waals surface area contributed by atoms with Gasteiger partial charge in [-0.15, -0.1) is 0 Å². The molecule has 0 radical (unpaired) electrons. The largest absolute Gasteiger partial charge is 0.390 e. The van der Waals surface area contributed by atoms with Gasteiger partial charge in [-0.05, 0) is 99.2 Å². The van der Waals surface area contributed by atoms with E-state index < -0.39 is 11.5 Å². The number of amides is 1. The molecule has 4 aliphatic rings. The van der Waals surface area contributed by atoms with Gasteiger partial charge in [0, 0.05) is 5.92 Å². The van der Waals surface area contributed by atoms with E-state index in [1.165, 1.54) is 19.3 Å². The molecule has 8 atom stereocenters. The van der Waals surface area contributed by atoms with Crippen LogP contribution >= 0.6 is 0 Å². The van der Waals surface area contributed by atoms with Gasteiger partial charge < -0.3 is 16.3 Å². The minimum Gasteiger partial charge on any atom is -0.390 e. The number of Topliss-reactive ketones (excluding diaryl/α,β-unsaturated/α-hetero) is 1. The topological polar surface area (TPSA) is 129 Å². The first-order chi connectivity index (χ1) is 15.0. The Morgan fingerprint density at radius 1 is 1.06 bits per heavy atom. The Labute approximate surface area is 191 Å². The van der Waals surface area contributed by atoms with E-state index >= 15 is 0 Å². The van der Waals surface area contributed by atoms with Crippen LogP contribution in [0.2, 0.25) is 0 Å². The zero-order valence-corrected chi connectivity index (χ0v) is 19.8. The maximum Gasteiger partial charge on any atom is 0.268 e. The van der Waals surface area contributed by atoms with E-state index in [1.54, 1.807) is 0 Å². The third-order valence-corrected chi connectivity index (χ3v) is 10.1. The lowest BCUT2D eigenvalue weighted by Gasteiger charge is -2.61. The van der Waals surface area contributed by atoms with Gasteiger partial charge in [0.15, 0.2) is 5.78 Å². The second kappa shape index (κ2) is 8.23. The minimum absolute atomic E-state index is 0.0457. The summed E-state index contributed by atoms with van der Waals surface area (Å²) in [6.45, 7) is 6.97. The second-order valence-electron chi connectivity index (χ2n) is 11.9. The molecule has 0 heterocycles. The van der Waals surface area contributed by atoms with E-state index in [0.717, 1.165) is 44.7 Å². The third-order valence-electron chi connectivity index (χ3n) is 10.1. The highest BCUT2D eigenvalue weighted by molar-refractivity contribution is 6.59. The highest BCUT2D eigenvalue weighted by Crippen LogP contribution is 2.68. The van der Waals surface area contributed by atoms with Gasteiger partial charge in [-0.3, -0.25) is 15.0 Å². The van der Waals surface area contributed by atoms with E-state index in [2.05, 4.69) is 24.4 Å². The van der Waals surface area contributed by atoms with Crippen molar-refractivity contribution in [3.05, 3.63) is 0 Å². The van der Waals surface area contributed by atoms with Gasteiger partial charge in [0.2, 0.25) is 0 Å². The number of hydrogen-bond donors (Lipinski definition) is 4. The number of fused-ring (bicyclic) bond motifs is 5. The third kappa shape index (κ3) is 3.91. The van der Waals surface area contributed by atoms with Crippen molar-refractivity contribution in [2.24, 2.45) is 51.3 Å². The van der Waals surface area contributed by atoms with Crippen molar-refractivity contribution >= 4 is 23.6 Å². The Kier molecular flexibility index (Phi) is 6.02. The number of nitrogens with zero attached hydrogens (tertiary/aromatic N) is 1. The molecule has 4 rings (SSSR count). The number of carbonyl (C=O) groups excluding carboxylic acids is 2. The van der Waals surface area contributed by atoms with E-state index in [-0.39, 0.29) is 29.4 Å². The molecule has 0 aromatic rings. The SMILES string of the molecule is C[C@@]1(O)CC[C@@]2(C)[C@H](CC[C@@H]3[C@@H]2CC[C@]2(C)[C@@H](C(=O)CN/N=C\C(=N)C(N)=O)CC[C@@H]32)C1. The summed E-state index contributed by atoms with van der Waals surface area (Å²) in [7, 11) is 0. The van der Waals surface area contributed by atoms with Gasteiger partial charge in [-0.2, -0.15) is 5.10 Å². The molecule has 0 aliphatic heterocycles. The number of ketones is 1. The smallest absolute Gasteiger partial charge is 0.268 e. The van der Waals surface area contributed by atoms with Crippen molar-refractivity contribution < 1.29 is 14.7 Å². The number of rotatable bonds is 6. The Bertz CT molecular complexity index is 824. The molecule has 0 unspecified atom stereocenters. The van der Waals surface area contributed by atoms with Crippen molar-refractivity contribution in [1.29, 1.82) is 5.41 Å². The zero-order valence-electron chi connectivity index (χ0n) is 19.8. The highest BCUT2D eigenvalue weighted by atomic mass is 16.3. The van der Waals surface area contributed by atoms with Gasteiger partial charge >= 0.3 is 0 Å².